The van der Waals surface area contributed by atoms with E-state index in [0.717, 1.165) is 51.3 Å². The average Bonchev–Trinajstić information content (AvgIpc) is 2.90. The van der Waals surface area contributed by atoms with Gasteiger partial charge in [-0.15, -0.1) is 0 Å². The molecular weight excluding hydrogens is 468 g/mol. The van der Waals surface area contributed by atoms with Gasteiger partial charge >= 0.3 is 0 Å². The molecule has 0 aromatic heterocycles. The van der Waals surface area contributed by atoms with Crippen LogP contribution < -0.4 is 20.3 Å². The Bertz CT molecular complexity index is 1130. The van der Waals surface area contributed by atoms with Gasteiger partial charge in [0.25, 0.3) is 5.91 Å². The number of thiocarbonyl (C=S) groups is 1. The Labute approximate surface area is 219 Å². The van der Waals surface area contributed by atoms with Gasteiger partial charge < -0.3 is 15.0 Å². The van der Waals surface area contributed by atoms with E-state index in [1.165, 1.54) is 11.3 Å². The molecular formula is C29H34N4O2S. The number of hydrogen-bond acceptors (Lipinski definition) is 5. The summed E-state index contributed by atoms with van der Waals surface area (Å²) in [5.74, 6) is 0.421. The summed E-state index contributed by atoms with van der Waals surface area (Å²) in [5, 5.41) is 6.12. The van der Waals surface area contributed by atoms with E-state index in [0.29, 0.717) is 17.9 Å². The third-order valence-electron chi connectivity index (χ3n) is 6.20. The lowest BCUT2D eigenvalue weighted by molar-refractivity contribution is 0.0977. The number of unbranched alkanes of at least 4 members (excludes halogenated alkanes) is 1. The van der Waals surface area contributed by atoms with Crippen molar-refractivity contribution in [2.24, 2.45) is 0 Å². The number of benzene rings is 3. The van der Waals surface area contributed by atoms with Gasteiger partial charge in [0, 0.05) is 49.7 Å². The normalized spacial score (nSPS) is 13.8. The quantitative estimate of drug-likeness (QED) is 0.305. The number of ether oxygens (including phenoxy) is 1. The highest BCUT2D eigenvalue weighted by Crippen LogP contribution is 2.20. The van der Waals surface area contributed by atoms with Crippen LogP contribution in [-0.4, -0.2) is 48.7 Å². The monoisotopic (exact) mass is 502 g/mol. The Balaban J connectivity index is 1.23. The Hall–Kier alpha value is -3.42. The molecule has 1 heterocycles. The number of nitrogens with one attached hydrogen (secondary N) is 2. The number of rotatable bonds is 9. The van der Waals surface area contributed by atoms with Crippen molar-refractivity contribution in [1.82, 2.24) is 10.2 Å². The number of nitrogens with zero attached hydrogens (tertiary/aromatic N) is 2. The first kappa shape index (κ1) is 25.7. The molecule has 36 heavy (non-hydrogen) atoms. The molecule has 1 amide bonds. The topological polar surface area (TPSA) is 56.8 Å². The van der Waals surface area contributed by atoms with Crippen LogP contribution in [0.4, 0.5) is 11.4 Å². The van der Waals surface area contributed by atoms with E-state index in [1.807, 2.05) is 24.3 Å². The highest BCUT2D eigenvalue weighted by atomic mass is 32.1. The average molecular weight is 503 g/mol. The maximum Gasteiger partial charge on any atom is 0.257 e. The zero-order valence-electron chi connectivity index (χ0n) is 20.8. The van der Waals surface area contributed by atoms with Gasteiger partial charge in [-0.25, -0.2) is 0 Å². The first-order valence-corrected chi connectivity index (χ1v) is 13.0. The van der Waals surface area contributed by atoms with Crippen LogP contribution in [0.15, 0.2) is 78.9 Å². The molecule has 0 aliphatic carbocycles. The van der Waals surface area contributed by atoms with E-state index in [1.54, 1.807) is 12.1 Å². The smallest absolute Gasteiger partial charge is 0.257 e. The van der Waals surface area contributed by atoms with Crippen LogP contribution in [0.5, 0.6) is 5.75 Å². The van der Waals surface area contributed by atoms with Crippen molar-refractivity contribution in [3.63, 3.8) is 0 Å². The molecule has 7 heteroatoms. The molecule has 3 aromatic rings. The fraction of sp³-hybridized carbons (Fsp3) is 0.310. The zero-order chi connectivity index (χ0) is 25.2. The van der Waals surface area contributed by atoms with E-state index < -0.39 is 0 Å². The standard InChI is InChI=1S/C29H34N4O2S/c1-2-3-20-35-27-11-7-10-24(21-27)28(34)31-29(36)30-25-12-14-26(15-13-25)33-18-16-32(17-19-33)22-23-8-5-4-6-9-23/h4-15,21H,2-3,16-20,22H2,1H3,(H2,30,31,34,36). The molecule has 0 atom stereocenters. The summed E-state index contributed by atoms with van der Waals surface area (Å²) in [6.07, 6.45) is 2.04. The van der Waals surface area contributed by atoms with Crippen LogP contribution in [0.3, 0.4) is 0 Å². The number of anilines is 2. The molecule has 2 N–H and O–H groups in total. The van der Waals surface area contributed by atoms with Crippen LogP contribution in [0, 0.1) is 0 Å². The van der Waals surface area contributed by atoms with Crippen LogP contribution >= 0.6 is 12.2 Å². The fourth-order valence-corrected chi connectivity index (χ4v) is 4.37. The lowest BCUT2D eigenvalue weighted by atomic mass is 10.2. The van der Waals surface area contributed by atoms with Gasteiger partial charge in [-0.1, -0.05) is 49.7 Å². The number of piperazine rings is 1. The predicted molar refractivity (Wildman–Crippen MR) is 151 cm³/mol. The van der Waals surface area contributed by atoms with Crippen LogP contribution in [-0.2, 0) is 6.54 Å². The largest absolute Gasteiger partial charge is 0.494 e. The SMILES string of the molecule is CCCCOc1cccc(C(=O)NC(=S)Nc2ccc(N3CCN(Cc4ccccc4)CC3)cc2)c1. The summed E-state index contributed by atoms with van der Waals surface area (Å²) < 4.78 is 5.70. The third kappa shape index (κ3) is 7.54. The summed E-state index contributed by atoms with van der Waals surface area (Å²) >= 11 is 5.37. The van der Waals surface area contributed by atoms with Crippen LogP contribution in [0.2, 0.25) is 0 Å². The zero-order valence-corrected chi connectivity index (χ0v) is 21.6. The van der Waals surface area contributed by atoms with E-state index in [-0.39, 0.29) is 11.0 Å². The third-order valence-corrected chi connectivity index (χ3v) is 6.41. The van der Waals surface area contributed by atoms with Crippen molar-refractivity contribution in [3.8, 4) is 5.75 Å². The van der Waals surface area contributed by atoms with Crippen molar-refractivity contribution in [2.45, 2.75) is 26.3 Å². The minimum Gasteiger partial charge on any atom is -0.494 e. The van der Waals surface area contributed by atoms with Gasteiger partial charge in [0.15, 0.2) is 5.11 Å². The van der Waals surface area contributed by atoms with Crippen molar-refractivity contribution >= 4 is 34.6 Å². The minimum atomic E-state index is -0.265. The molecule has 0 radical (unpaired) electrons. The second kappa shape index (κ2) is 13.0. The molecule has 1 aliphatic rings. The van der Waals surface area contributed by atoms with Crippen LogP contribution in [0.25, 0.3) is 0 Å². The van der Waals surface area contributed by atoms with Gasteiger partial charge in [0.1, 0.15) is 5.75 Å². The molecule has 1 saturated heterocycles. The molecule has 0 unspecified atom stereocenters. The Morgan fingerprint density at radius 1 is 0.944 bits per heavy atom. The Morgan fingerprint density at radius 3 is 2.42 bits per heavy atom. The van der Waals surface area contributed by atoms with E-state index >= 15 is 0 Å². The molecule has 1 fully saturated rings. The molecule has 6 nitrogen and oxygen atoms in total. The minimum absolute atomic E-state index is 0.264. The Kier molecular flexibility index (Phi) is 9.30. The maximum atomic E-state index is 12.6. The van der Waals surface area contributed by atoms with Crippen molar-refractivity contribution in [2.75, 3.05) is 43.0 Å². The first-order valence-electron chi connectivity index (χ1n) is 12.6. The molecule has 3 aromatic carbocycles. The maximum absolute atomic E-state index is 12.6. The van der Waals surface area contributed by atoms with Gasteiger partial charge in [-0.2, -0.15) is 0 Å². The number of amides is 1. The summed E-state index contributed by atoms with van der Waals surface area (Å²) in [5.41, 5.74) is 3.89. The Morgan fingerprint density at radius 2 is 1.69 bits per heavy atom. The van der Waals surface area contributed by atoms with Gasteiger partial charge in [0.05, 0.1) is 6.61 Å². The number of carbonyl (C=O) groups is 1. The first-order chi connectivity index (χ1) is 17.6. The second-order valence-corrected chi connectivity index (χ2v) is 9.34. The van der Waals surface area contributed by atoms with E-state index in [4.69, 9.17) is 17.0 Å². The van der Waals surface area contributed by atoms with Gasteiger partial charge in [-0.3, -0.25) is 15.0 Å². The molecule has 0 spiro atoms. The summed E-state index contributed by atoms with van der Waals surface area (Å²) in [6, 6.07) is 26.0. The van der Waals surface area contributed by atoms with E-state index in [9.17, 15) is 4.79 Å². The van der Waals surface area contributed by atoms with Crippen molar-refractivity contribution < 1.29 is 9.53 Å². The molecule has 0 bridgehead atoms. The molecule has 0 saturated carbocycles. The van der Waals surface area contributed by atoms with Gasteiger partial charge in [-0.05, 0) is 66.7 Å². The number of hydrogen-bond donors (Lipinski definition) is 2. The van der Waals surface area contributed by atoms with Gasteiger partial charge in [0.2, 0.25) is 0 Å². The summed E-state index contributed by atoms with van der Waals surface area (Å²) in [6.45, 7) is 7.82. The highest BCUT2D eigenvalue weighted by molar-refractivity contribution is 7.80. The summed E-state index contributed by atoms with van der Waals surface area (Å²) in [7, 11) is 0. The number of carbonyl (C=O) groups excluding carboxylic acids is 1. The van der Waals surface area contributed by atoms with E-state index in [2.05, 4.69) is 69.8 Å². The van der Waals surface area contributed by atoms with Crippen LogP contribution in [0.1, 0.15) is 35.7 Å². The van der Waals surface area contributed by atoms with Crippen molar-refractivity contribution in [3.05, 3.63) is 90.0 Å². The second-order valence-electron chi connectivity index (χ2n) is 8.93. The molecule has 4 rings (SSSR count). The predicted octanol–water partition coefficient (Wildman–Crippen LogP) is 5.31. The molecule has 1 aliphatic heterocycles. The fourth-order valence-electron chi connectivity index (χ4n) is 4.16. The highest BCUT2D eigenvalue weighted by Gasteiger charge is 2.17. The van der Waals surface area contributed by atoms with Crippen molar-refractivity contribution in [1.29, 1.82) is 0 Å². The summed E-state index contributed by atoms with van der Waals surface area (Å²) in [4.78, 5) is 17.5. The lowest BCUT2D eigenvalue weighted by Gasteiger charge is -2.36. The molecule has 188 valence electrons. The lowest BCUT2D eigenvalue weighted by Crippen LogP contribution is -2.45.